The lowest BCUT2D eigenvalue weighted by atomic mass is 10.1. The van der Waals surface area contributed by atoms with Crippen LogP contribution in [-0.2, 0) is 0 Å². The van der Waals surface area contributed by atoms with Crippen molar-refractivity contribution in [3.05, 3.63) is 134 Å². The van der Waals surface area contributed by atoms with Crippen LogP contribution < -0.4 is 4.90 Å². The number of nitrogens with zero attached hydrogens (tertiary/aromatic N) is 5. The summed E-state index contributed by atoms with van der Waals surface area (Å²) in [4.78, 5) is 2.26. The van der Waals surface area contributed by atoms with Crippen LogP contribution in [0.25, 0.3) is 46.4 Å². The summed E-state index contributed by atoms with van der Waals surface area (Å²) in [5, 5.41) is 0. The van der Waals surface area contributed by atoms with Crippen LogP contribution in [0.1, 0.15) is 22.3 Å². The Labute approximate surface area is 273 Å². The van der Waals surface area contributed by atoms with Crippen LogP contribution in [0, 0.1) is 0 Å². The Morgan fingerprint density at radius 1 is 0.442 bits per heavy atom. The predicted octanol–water partition coefficient (Wildman–Crippen LogP) is 11.0. The fourth-order valence-electron chi connectivity index (χ4n) is 4.85. The lowest BCUT2D eigenvalue weighted by Crippen LogP contribution is -2.09. The van der Waals surface area contributed by atoms with Crippen molar-refractivity contribution in [3.63, 3.8) is 0 Å². The van der Waals surface area contributed by atoms with Crippen molar-refractivity contribution in [2.45, 2.75) is 0 Å². The molecule has 0 amide bonds. The largest absolute Gasteiger partial charge is 0.311 e. The van der Waals surface area contributed by atoms with E-state index in [0.717, 1.165) is 70.3 Å². The fourth-order valence-corrected chi connectivity index (χ4v) is 7.06. The molecule has 0 atom stereocenters. The van der Waals surface area contributed by atoms with Gasteiger partial charge in [0.25, 0.3) is 0 Å². The van der Waals surface area contributed by atoms with Crippen molar-refractivity contribution < 1.29 is 0 Å². The average Bonchev–Trinajstić information content (AvgIpc) is 3.75. The number of hydrogen-bond donors (Lipinski definition) is 0. The maximum Gasteiger partial charge on any atom is 0.119 e. The van der Waals surface area contributed by atoms with E-state index in [-0.39, 0.29) is 0 Å². The standard InChI is InChI=1S/C34H21Br2N5S2/c35-29-20-14-24(31-33(29)39-42-37-31)12-6-22-8-16-27(17-9-22)41(26-4-2-1-3-5-26)28-18-10-23(11-19-28)7-13-25-15-21-30(36)34-32(25)38-43-40-34/h1-21H/b12-6+,13-7+. The van der Waals surface area contributed by atoms with Crippen LogP contribution in [0.2, 0.25) is 0 Å². The minimum atomic E-state index is 0.893. The molecule has 0 aliphatic heterocycles. The number of para-hydroxylation sites is 1. The summed E-state index contributed by atoms with van der Waals surface area (Å²) < 4.78 is 19.7. The van der Waals surface area contributed by atoms with Crippen molar-refractivity contribution in [2.24, 2.45) is 0 Å². The van der Waals surface area contributed by atoms with Gasteiger partial charge in [-0.05, 0) is 91.5 Å². The highest BCUT2D eigenvalue weighted by Crippen LogP contribution is 2.35. The van der Waals surface area contributed by atoms with Gasteiger partial charge >= 0.3 is 0 Å². The molecule has 9 heteroatoms. The number of hydrogen-bond acceptors (Lipinski definition) is 7. The van der Waals surface area contributed by atoms with Crippen LogP contribution in [0.15, 0.2) is 112 Å². The van der Waals surface area contributed by atoms with Gasteiger partial charge in [0.15, 0.2) is 0 Å². The molecule has 2 heterocycles. The van der Waals surface area contributed by atoms with Crippen LogP contribution in [-0.4, -0.2) is 17.5 Å². The summed E-state index contributed by atoms with van der Waals surface area (Å²) in [6.07, 6.45) is 8.41. The zero-order valence-electron chi connectivity index (χ0n) is 22.4. The highest BCUT2D eigenvalue weighted by molar-refractivity contribution is 9.11. The number of fused-ring (bicyclic) bond motifs is 2. The molecule has 0 saturated carbocycles. The first-order valence-corrected chi connectivity index (χ1v) is 16.4. The summed E-state index contributed by atoms with van der Waals surface area (Å²) in [6.45, 7) is 0. The van der Waals surface area contributed by atoms with Gasteiger partial charge in [-0.3, -0.25) is 0 Å². The van der Waals surface area contributed by atoms with Crippen molar-refractivity contribution in [1.29, 1.82) is 0 Å². The van der Waals surface area contributed by atoms with Gasteiger partial charge in [-0.2, -0.15) is 17.5 Å². The molecule has 7 rings (SSSR count). The van der Waals surface area contributed by atoms with Crippen LogP contribution in [0.3, 0.4) is 0 Å². The van der Waals surface area contributed by atoms with Gasteiger partial charge in [0.05, 0.1) is 23.5 Å². The van der Waals surface area contributed by atoms with Gasteiger partial charge in [-0.15, -0.1) is 0 Å². The minimum Gasteiger partial charge on any atom is -0.311 e. The Morgan fingerprint density at radius 2 is 0.860 bits per heavy atom. The van der Waals surface area contributed by atoms with Gasteiger partial charge in [-0.1, -0.05) is 78.9 Å². The van der Waals surface area contributed by atoms with Crippen molar-refractivity contribution >= 4 is 119 Å². The Hall–Kier alpha value is -4.02. The average molecular weight is 724 g/mol. The normalized spacial score (nSPS) is 11.8. The number of aromatic nitrogens is 4. The molecule has 0 aliphatic carbocycles. The van der Waals surface area contributed by atoms with Crippen molar-refractivity contribution in [1.82, 2.24) is 17.5 Å². The van der Waals surface area contributed by atoms with Crippen molar-refractivity contribution in [2.75, 3.05) is 4.90 Å². The second-order valence-electron chi connectivity index (χ2n) is 9.72. The molecule has 0 bridgehead atoms. The molecule has 208 valence electrons. The Morgan fingerprint density at radius 3 is 1.33 bits per heavy atom. The van der Waals surface area contributed by atoms with Crippen LogP contribution in [0.4, 0.5) is 17.1 Å². The monoisotopic (exact) mass is 721 g/mol. The van der Waals surface area contributed by atoms with E-state index >= 15 is 0 Å². The highest BCUT2D eigenvalue weighted by atomic mass is 79.9. The SMILES string of the molecule is Brc1ccc(/C=C/c2ccc(N(c3ccccc3)c3ccc(/C=C/c4ccc(Br)c5nsnc45)cc3)cc2)c2nsnc12. The third kappa shape index (κ3) is 5.81. The molecule has 43 heavy (non-hydrogen) atoms. The molecule has 0 fully saturated rings. The number of anilines is 3. The number of benzene rings is 5. The molecular formula is C34H21Br2N5S2. The molecule has 0 aliphatic rings. The lowest BCUT2D eigenvalue weighted by Gasteiger charge is -2.25. The highest BCUT2D eigenvalue weighted by Gasteiger charge is 2.12. The maximum absolute atomic E-state index is 4.47. The predicted molar refractivity (Wildman–Crippen MR) is 189 cm³/mol. The number of rotatable bonds is 7. The quantitative estimate of drug-likeness (QED) is 0.153. The van der Waals surface area contributed by atoms with E-state index in [1.807, 2.05) is 18.2 Å². The lowest BCUT2D eigenvalue weighted by molar-refractivity contribution is 1.28. The molecule has 0 saturated heterocycles. The van der Waals surface area contributed by atoms with E-state index in [2.05, 4.69) is 163 Å². The smallest absolute Gasteiger partial charge is 0.119 e. The molecule has 0 N–H and O–H groups in total. The minimum absolute atomic E-state index is 0.893. The summed E-state index contributed by atoms with van der Waals surface area (Å²) in [5.74, 6) is 0. The van der Waals surface area contributed by atoms with Crippen LogP contribution in [0.5, 0.6) is 0 Å². The summed E-state index contributed by atoms with van der Waals surface area (Å²) >= 11 is 9.58. The van der Waals surface area contributed by atoms with E-state index in [1.165, 1.54) is 23.5 Å². The zero-order chi connectivity index (χ0) is 29.2. The summed E-state index contributed by atoms with van der Waals surface area (Å²) in [5.41, 5.74) is 11.2. The molecule has 7 aromatic rings. The maximum atomic E-state index is 4.47. The second-order valence-corrected chi connectivity index (χ2v) is 12.5. The van der Waals surface area contributed by atoms with E-state index < -0.39 is 0 Å². The molecule has 5 aromatic carbocycles. The van der Waals surface area contributed by atoms with Gasteiger partial charge in [0, 0.05) is 37.1 Å². The summed E-state index contributed by atoms with van der Waals surface area (Å²) in [6, 6.07) is 35.8. The van der Waals surface area contributed by atoms with Gasteiger partial charge in [-0.25, -0.2) is 0 Å². The zero-order valence-corrected chi connectivity index (χ0v) is 27.2. The van der Waals surface area contributed by atoms with Crippen molar-refractivity contribution in [3.8, 4) is 0 Å². The third-order valence-electron chi connectivity index (χ3n) is 7.02. The Balaban J connectivity index is 1.15. The molecule has 2 aromatic heterocycles. The Bertz CT molecular complexity index is 1970. The van der Waals surface area contributed by atoms with Gasteiger partial charge < -0.3 is 4.90 Å². The topological polar surface area (TPSA) is 54.8 Å². The van der Waals surface area contributed by atoms with E-state index in [0.29, 0.717) is 0 Å². The van der Waals surface area contributed by atoms with Gasteiger partial charge in [0.1, 0.15) is 22.1 Å². The Kier molecular flexibility index (Phi) is 7.95. The molecule has 0 radical (unpaired) electrons. The second kappa shape index (κ2) is 12.3. The number of halogens is 2. The first-order valence-electron chi connectivity index (χ1n) is 13.4. The molecule has 5 nitrogen and oxygen atoms in total. The van der Waals surface area contributed by atoms with E-state index in [4.69, 9.17) is 0 Å². The third-order valence-corrected chi connectivity index (χ3v) is 9.36. The molecule has 0 spiro atoms. The van der Waals surface area contributed by atoms with Crippen LogP contribution >= 0.6 is 55.3 Å². The molecular weight excluding hydrogens is 702 g/mol. The first-order chi connectivity index (χ1) is 21.1. The first kappa shape index (κ1) is 27.8. The van der Waals surface area contributed by atoms with Gasteiger partial charge in [0.2, 0.25) is 0 Å². The summed E-state index contributed by atoms with van der Waals surface area (Å²) in [7, 11) is 0. The fraction of sp³-hybridized carbons (Fsp3) is 0. The van der Waals surface area contributed by atoms with E-state index in [9.17, 15) is 0 Å². The van der Waals surface area contributed by atoms with E-state index in [1.54, 1.807) is 0 Å². The molecule has 0 unspecified atom stereocenters.